The van der Waals surface area contributed by atoms with Gasteiger partial charge in [0.15, 0.2) is 0 Å². The molecule has 1 N–H and O–H groups in total. The molecule has 0 saturated heterocycles. The van der Waals surface area contributed by atoms with Gasteiger partial charge in [-0.1, -0.05) is 6.08 Å². The van der Waals surface area contributed by atoms with Crippen LogP contribution in [0.3, 0.4) is 0 Å². The van der Waals surface area contributed by atoms with Crippen molar-refractivity contribution in [2.45, 2.75) is 38.8 Å². The molecule has 0 spiro atoms. The number of unbranched alkanes of at least 4 members (excludes halogenated alkanes) is 1. The SMILES string of the molecule is C=CCCCC(C)NCc1sccc1OC. The Labute approximate surface area is 102 Å². The van der Waals surface area contributed by atoms with Gasteiger partial charge in [0.1, 0.15) is 5.75 Å². The molecular weight excluding hydrogens is 218 g/mol. The van der Waals surface area contributed by atoms with Crippen molar-refractivity contribution in [3.05, 3.63) is 29.0 Å². The van der Waals surface area contributed by atoms with Crippen LogP contribution in [0.25, 0.3) is 0 Å². The average molecular weight is 239 g/mol. The fraction of sp³-hybridized carbons (Fsp3) is 0.538. The molecule has 3 heteroatoms. The van der Waals surface area contributed by atoms with E-state index in [2.05, 4.69) is 24.2 Å². The number of hydrogen-bond donors (Lipinski definition) is 1. The van der Waals surface area contributed by atoms with Crippen molar-refractivity contribution < 1.29 is 4.74 Å². The molecule has 1 aromatic heterocycles. The van der Waals surface area contributed by atoms with Crippen LogP contribution in [0.5, 0.6) is 5.75 Å². The molecule has 1 heterocycles. The lowest BCUT2D eigenvalue weighted by atomic mass is 10.1. The Kier molecular flexibility index (Phi) is 6.19. The normalized spacial score (nSPS) is 12.4. The lowest BCUT2D eigenvalue weighted by Gasteiger charge is -2.13. The number of allylic oxidation sites excluding steroid dienone is 1. The summed E-state index contributed by atoms with van der Waals surface area (Å²) in [5, 5.41) is 5.58. The standard InChI is InChI=1S/C13H21NOS/c1-4-5-6-7-11(2)14-10-13-12(15-3)8-9-16-13/h4,8-9,11,14H,1,5-7,10H2,2-3H3. The van der Waals surface area contributed by atoms with Crippen molar-refractivity contribution >= 4 is 11.3 Å². The van der Waals surface area contributed by atoms with Crippen molar-refractivity contribution in [2.75, 3.05) is 7.11 Å². The van der Waals surface area contributed by atoms with Gasteiger partial charge in [-0.2, -0.15) is 0 Å². The lowest BCUT2D eigenvalue weighted by molar-refractivity contribution is 0.407. The third kappa shape index (κ3) is 4.37. The summed E-state index contributed by atoms with van der Waals surface area (Å²) >= 11 is 1.74. The molecule has 0 radical (unpaired) electrons. The van der Waals surface area contributed by atoms with Crippen LogP contribution in [0, 0.1) is 0 Å². The van der Waals surface area contributed by atoms with Crippen molar-refractivity contribution in [1.29, 1.82) is 0 Å². The van der Waals surface area contributed by atoms with Gasteiger partial charge in [-0.3, -0.25) is 0 Å². The molecule has 90 valence electrons. The maximum Gasteiger partial charge on any atom is 0.134 e. The first-order chi connectivity index (χ1) is 7.77. The van der Waals surface area contributed by atoms with Crippen LogP contribution in [0.1, 0.15) is 31.1 Å². The molecular formula is C13H21NOS. The molecule has 0 fully saturated rings. The summed E-state index contributed by atoms with van der Waals surface area (Å²) in [5.41, 5.74) is 0. The molecule has 1 atom stereocenters. The third-order valence-electron chi connectivity index (χ3n) is 2.58. The summed E-state index contributed by atoms with van der Waals surface area (Å²) in [7, 11) is 1.72. The highest BCUT2D eigenvalue weighted by Gasteiger charge is 2.06. The van der Waals surface area contributed by atoms with E-state index in [1.165, 1.54) is 17.7 Å². The van der Waals surface area contributed by atoms with Gasteiger partial charge < -0.3 is 10.1 Å². The maximum atomic E-state index is 5.27. The predicted molar refractivity (Wildman–Crippen MR) is 71.2 cm³/mol. The predicted octanol–water partition coefficient (Wildman–Crippen LogP) is 3.59. The Balaban J connectivity index is 2.25. The van der Waals surface area contributed by atoms with E-state index in [0.717, 1.165) is 18.7 Å². The van der Waals surface area contributed by atoms with Crippen molar-refractivity contribution in [1.82, 2.24) is 5.32 Å². The third-order valence-corrected chi connectivity index (χ3v) is 3.48. The summed E-state index contributed by atoms with van der Waals surface area (Å²) in [5.74, 6) is 0.996. The lowest BCUT2D eigenvalue weighted by Crippen LogP contribution is -2.25. The Hall–Kier alpha value is -0.800. The number of methoxy groups -OCH3 is 1. The second-order valence-electron chi connectivity index (χ2n) is 3.91. The second kappa shape index (κ2) is 7.47. The maximum absolute atomic E-state index is 5.27. The molecule has 1 unspecified atom stereocenters. The first-order valence-electron chi connectivity index (χ1n) is 5.72. The monoisotopic (exact) mass is 239 g/mol. The number of ether oxygens (including phenoxy) is 1. The minimum absolute atomic E-state index is 0.548. The summed E-state index contributed by atoms with van der Waals surface area (Å²) in [6, 6.07) is 2.57. The molecule has 2 nitrogen and oxygen atoms in total. The fourth-order valence-electron chi connectivity index (χ4n) is 1.58. The second-order valence-corrected chi connectivity index (χ2v) is 4.91. The quantitative estimate of drug-likeness (QED) is 0.553. The van der Waals surface area contributed by atoms with Crippen LogP contribution >= 0.6 is 11.3 Å². The van der Waals surface area contributed by atoms with Gasteiger partial charge in [0.05, 0.1) is 12.0 Å². The van der Waals surface area contributed by atoms with E-state index in [0.29, 0.717) is 6.04 Å². The van der Waals surface area contributed by atoms with E-state index in [1.54, 1.807) is 18.4 Å². The molecule has 0 aliphatic heterocycles. The van der Waals surface area contributed by atoms with Gasteiger partial charge in [0.25, 0.3) is 0 Å². The van der Waals surface area contributed by atoms with Crippen LogP contribution in [-0.2, 0) is 6.54 Å². The molecule has 1 aromatic rings. The highest BCUT2D eigenvalue weighted by atomic mass is 32.1. The van der Waals surface area contributed by atoms with Gasteiger partial charge >= 0.3 is 0 Å². The molecule has 0 amide bonds. The molecule has 0 bridgehead atoms. The van der Waals surface area contributed by atoms with Gasteiger partial charge in [-0.15, -0.1) is 17.9 Å². The van der Waals surface area contributed by atoms with Crippen molar-refractivity contribution in [3.8, 4) is 5.75 Å². The Bertz CT molecular complexity index is 309. The number of thiophene rings is 1. The van der Waals surface area contributed by atoms with Gasteiger partial charge in [-0.05, 0) is 37.6 Å². The zero-order chi connectivity index (χ0) is 11.8. The van der Waals surface area contributed by atoms with Crippen LogP contribution in [0.2, 0.25) is 0 Å². The van der Waals surface area contributed by atoms with E-state index >= 15 is 0 Å². The minimum atomic E-state index is 0.548. The smallest absolute Gasteiger partial charge is 0.134 e. The van der Waals surface area contributed by atoms with E-state index < -0.39 is 0 Å². The number of hydrogen-bond acceptors (Lipinski definition) is 3. The van der Waals surface area contributed by atoms with Crippen molar-refractivity contribution in [3.63, 3.8) is 0 Å². The van der Waals surface area contributed by atoms with Gasteiger partial charge in [-0.25, -0.2) is 0 Å². The molecule has 16 heavy (non-hydrogen) atoms. The minimum Gasteiger partial charge on any atom is -0.496 e. The van der Waals surface area contributed by atoms with E-state index in [9.17, 15) is 0 Å². The van der Waals surface area contributed by atoms with Crippen LogP contribution in [0.15, 0.2) is 24.1 Å². The van der Waals surface area contributed by atoms with Crippen LogP contribution in [0.4, 0.5) is 0 Å². The molecule has 1 rings (SSSR count). The Morgan fingerprint density at radius 3 is 3.12 bits per heavy atom. The zero-order valence-corrected chi connectivity index (χ0v) is 11.0. The number of rotatable bonds is 8. The highest BCUT2D eigenvalue weighted by molar-refractivity contribution is 7.10. The van der Waals surface area contributed by atoms with Gasteiger partial charge in [0, 0.05) is 12.6 Å². The Morgan fingerprint density at radius 2 is 2.44 bits per heavy atom. The van der Waals surface area contributed by atoms with E-state index in [1.807, 2.05) is 12.1 Å². The van der Waals surface area contributed by atoms with E-state index in [4.69, 9.17) is 4.74 Å². The topological polar surface area (TPSA) is 21.3 Å². The average Bonchev–Trinajstić information content (AvgIpc) is 2.74. The molecule has 0 aromatic carbocycles. The molecule has 0 aliphatic carbocycles. The van der Waals surface area contributed by atoms with Crippen molar-refractivity contribution in [2.24, 2.45) is 0 Å². The Morgan fingerprint density at radius 1 is 1.62 bits per heavy atom. The zero-order valence-electron chi connectivity index (χ0n) is 10.2. The fourth-order valence-corrected chi connectivity index (χ4v) is 2.37. The van der Waals surface area contributed by atoms with Crippen LogP contribution in [-0.4, -0.2) is 13.2 Å². The van der Waals surface area contributed by atoms with E-state index in [-0.39, 0.29) is 0 Å². The summed E-state index contributed by atoms with van der Waals surface area (Å²) < 4.78 is 5.27. The summed E-state index contributed by atoms with van der Waals surface area (Å²) in [4.78, 5) is 1.28. The first kappa shape index (κ1) is 13.3. The summed E-state index contributed by atoms with van der Waals surface area (Å²) in [6.45, 7) is 6.86. The molecule has 0 saturated carbocycles. The summed E-state index contributed by atoms with van der Waals surface area (Å²) in [6.07, 6.45) is 5.49. The molecule has 0 aliphatic rings. The van der Waals surface area contributed by atoms with Gasteiger partial charge in [0.2, 0.25) is 0 Å². The highest BCUT2D eigenvalue weighted by Crippen LogP contribution is 2.24. The largest absolute Gasteiger partial charge is 0.496 e. The first-order valence-corrected chi connectivity index (χ1v) is 6.60. The number of nitrogens with one attached hydrogen (secondary N) is 1. The van der Waals surface area contributed by atoms with Crippen LogP contribution < -0.4 is 10.1 Å².